The van der Waals surface area contributed by atoms with Crippen LogP contribution in [0.1, 0.15) is 17.2 Å². The van der Waals surface area contributed by atoms with Gasteiger partial charge in [0.1, 0.15) is 11.6 Å². The third-order valence-electron chi connectivity index (χ3n) is 6.02. The molecule has 0 radical (unpaired) electrons. The van der Waals surface area contributed by atoms with Crippen molar-refractivity contribution < 1.29 is 18.7 Å². The van der Waals surface area contributed by atoms with Crippen molar-refractivity contribution in [3.63, 3.8) is 0 Å². The van der Waals surface area contributed by atoms with Crippen molar-refractivity contribution in [2.24, 2.45) is 16.8 Å². The first-order valence-corrected chi connectivity index (χ1v) is 10.4. The van der Waals surface area contributed by atoms with E-state index in [1.807, 2.05) is 0 Å². The largest absolute Gasteiger partial charge is 0.481 e. The van der Waals surface area contributed by atoms with E-state index < -0.39 is 11.9 Å². The fraction of sp³-hybridized carbons (Fsp3) is 0.333. The van der Waals surface area contributed by atoms with Gasteiger partial charge >= 0.3 is 5.97 Å². The zero-order chi connectivity index (χ0) is 21.8. The summed E-state index contributed by atoms with van der Waals surface area (Å²) in [6, 6.07) is 12.8. The van der Waals surface area contributed by atoms with Crippen molar-refractivity contribution in [2.75, 3.05) is 32.7 Å². The van der Waals surface area contributed by atoms with Crippen LogP contribution in [0, 0.1) is 23.5 Å². The molecular formula is C24H25F2N3O2. The molecule has 0 aromatic heterocycles. The van der Waals surface area contributed by atoms with Crippen LogP contribution < -0.4 is 0 Å². The van der Waals surface area contributed by atoms with E-state index in [9.17, 15) is 18.7 Å². The Kier molecular flexibility index (Phi) is 6.53. The van der Waals surface area contributed by atoms with Crippen LogP contribution >= 0.6 is 0 Å². The number of rotatable bonds is 6. The minimum atomic E-state index is -0.835. The number of aliphatic carboxylic acids is 1. The molecule has 1 fully saturated rings. The number of nitrogens with zero attached hydrogens (tertiary/aromatic N) is 3. The Labute approximate surface area is 180 Å². The monoisotopic (exact) mass is 425 g/mol. The van der Waals surface area contributed by atoms with Crippen LogP contribution in [0.5, 0.6) is 0 Å². The summed E-state index contributed by atoms with van der Waals surface area (Å²) in [4.78, 5) is 20.2. The Morgan fingerprint density at radius 3 is 2.03 bits per heavy atom. The average molecular weight is 425 g/mol. The lowest BCUT2D eigenvalue weighted by Gasteiger charge is -2.41. The number of halogens is 2. The molecule has 2 aliphatic rings. The van der Waals surface area contributed by atoms with Gasteiger partial charge in [-0.15, -0.1) is 0 Å². The number of aliphatic imine (C=N–C) groups is 1. The van der Waals surface area contributed by atoms with Crippen molar-refractivity contribution in [1.82, 2.24) is 9.80 Å². The number of benzene rings is 2. The molecule has 0 bridgehead atoms. The summed E-state index contributed by atoms with van der Waals surface area (Å²) in [7, 11) is 0. The average Bonchev–Trinajstić information content (AvgIpc) is 2.78. The lowest BCUT2D eigenvalue weighted by molar-refractivity contribution is -0.141. The second-order valence-electron chi connectivity index (χ2n) is 8.01. The fourth-order valence-electron chi connectivity index (χ4n) is 4.37. The van der Waals surface area contributed by atoms with Crippen LogP contribution in [0.3, 0.4) is 0 Å². The summed E-state index contributed by atoms with van der Waals surface area (Å²) in [6.07, 6.45) is 4.91. The molecule has 0 amide bonds. The molecule has 2 heterocycles. The van der Waals surface area contributed by atoms with Crippen LogP contribution in [0.2, 0.25) is 0 Å². The number of hydrogen-bond acceptors (Lipinski definition) is 4. The Balaban J connectivity index is 1.47. The summed E-state index contributed by atoms with van der Waals surface area (Å²) in [5.74, 6) is -2.12. The first kappa shape index (κ1) is 21.3. The predicted molar refractivity (Wildman–Crippen MR) is 115 cm³/mol. The van der Waals surface area contributed by atoms with Gasteiger partial charge in [0, 0.05) is 51.1 Å². The van der Waals surface area contributed by atoms with E-state index >= 15 is 0 Å². The summed E-state index contributed by atoms with van der Waals surface area (Å²) in [5.41, 5.74) is 1.91. The fourth-order valence-corrected chi connectivity index (χ4v) is 4.37. The minimum absolute atomic E-state index is 0.103. The Bertz CT molecular complexity index is 906. The van der Waals surface area contributed by atoms with E-state index in [-0.39, 0.29) is 23.6 Å². The lowest BCUT2D eigenvalue weighted by Crippen LogP contribution is -2.50. The highest BCUT2D eigenvalue weighted by molar-refractivity contribution is 5.79. The predicted octanol–water partition coefficient (Wildman–Crippen LogP) is 3.59. The maximum Gasteiger partial charge on any atom is 0.311 e. The molecule has 162 valence electrons. The van der Waals surface area contributed by atoms with Gasteiger partial charge in [0.2, 0.25) is 0 Å². The minimum Gasteiger partial charge on any atom is -0.481 e. The van der Waals surface area contributed by atoms with E-state index in [4.69, 9.17) is 0 Å². The van der Waals surface area contributed by atoms with E-state index in [0.717, 1.165) is 37.3 Å². The maximum absolute atomic E-state index is 13.5. The standard InChI is InChI=1S/C24H25F2N3O2/c25-20-5-1-17(2-6-20)23(18-3-7-21(26)8-4-18)29-13-11-28(12-14-29)16-19-15-27-10-9-22(19)24(30)31/h1-10,15,19,22-23H,11-14,16H2,(H,30,31). The van der Waals surface area contributed by atoms with Crippen LogP contribution in [-0.4, -0.2) is 59.8 Å². The topological polar surface area (TPSA) is 56.1 Å². The highest BCUT2D eigenvalue weighted by Gasteiger charge is 2.31. The molecule has 2 aliphatic heterocycles. The van der Waals surface area contributed by atoms with Crippen molar-refractivity contribution >= 4 is 12.2 Å². The van der Waals surface area contributed by atoms with Crippen LogP contribution in [0.15, 0.2) is 65.8 Å². The Hall–Kier alpha value is -2.90. The van der Waals surface area contributed by atoms with E-state index in [2.05, 4.69) is 14.8 Å². The normalized spacial score (nSPS) is 22.2. The third kappa shape index (κ3) is 5.06. The molecule has 5 nitrogen and oxygen atoms in total. The molecule has 0 aliphatic carbocycles. The number of carboxylic acids is 1. The Morgan fingerprint density at radius 1 is 0.968 bits per heavy atom. The second kappa shape index (κ2) is 9.49. The maximum atomic E-state index is 13.5. The van der Waals surface area contributed by atoms with Crippen molar-refractivity contribution in [1.29, 1.82) is 0 Å². The number of hydrogen-bond donors (Lipinski definition) is 1. The number of carbonyl (C=O) groups is 1. The van der Waals surface area contributed by atoms with Gasteiger partial charge in [0.25, 0.3) is 0 Å². The van der Waals surface area contributed by atoms with E-state index in [1.165, 1.54) is 24.3 Å². The molecule has 4 rings (SSSR count). The molecule has 2 aromatic rings. The van der Waals surface area contributed by atoms with Crippen LogP contribution in [0.4, 0.5) is 8.78 Å². The number of piperazine rings is 1. The van der Waals surface area contributed by atoms with Gasteiger partial charge < -0.3 is 10.0 Å². The molecule has 2 atom stereocenters. The smallest absolute Gasteiger partial charge is 0.311 e. The zero-order valence-electron chi connectivity index (χ0n) is 17.1. The SMILES string of the molecule is O=C(O)C1C=CN=CC1CN1CCN(C(c2ccc(F)cc2)c2ccc(F)cc2)CC1. The van der Waals surface area contributed by atoms with Gasteiger partial charge in [-0.3, -0.25) is 14.7 Å². The van der Waals surface area contributed by atoms with Crippen molar-refractivity contribution in [3.8, 4) is 0 Å². The summed E-state index contributed by atoms with van der Waals surface area (Å²) < 4.78 is 27.0. The van der Waals surface area contributed by atoms with Gasteiger partial charge in [0.05, 0.1) is 12.0 Å². The molecule has 7 heteroatoms. The van der Waals surface area contributed by atoms with Crippen LogP contribution in [-0.2, 0) is 4.79 Å². The molecule has 1 N–H and O–H groups in total. The summed E-state index contributed by atoms with van der Waals surface area (Å²) >= 11 is 0. The lowest BCUT2D eigenvalue weighted by atomic mass is 9.91. The van der Waals surface area contributed by atoms with Gasteiger partial charge in [-0.05, 0) is 35.4 Å². The first-order chi connectivity index (χ1) is 15.0. The van der Waals surface area contributed by atoms with Gasteiger partial charge in [-0.1, -0.05) is 30.3 Å². The molecule has 1 saturated heterocycles. The van der Waals surface area contributed by atoms with Gasteiger partial charge in [-0.25, -0.2) is 8.78 Å². The van der Waals surface area contributed by atoms with Gasteiger partial charge in [-0.2, -0.15) is 0 Å². The molecule has 2 aromatic carbocycles. The van der Waals surface area contributed by atoms with Crippen molar-refractivity contribution in [3.05, 3.63) is 83.6 Å². The molecular weight excluding hydrogens is 400 g/mol. The highest BCUT2D eigenvalue weighted by Crippen LogP contribution is 2.30. The highest BCUT2D eigenvalue weighted by atomic mass is 19.1. The molecule has 31 heavy (non-hydrogen) atoms. The third-order valence-corrected chi connectivity index (χ3v) is 6.02. The summed E-state index contributed by atoms with van der Waals surface area (Å²) in [5, 5.41) is 9.45. The van der Waals surface area contributed by atoms with E-state index in [0.29, 0.717) is 6.54 Å². The van der Waals surface area contributed by atoms with Crippen molar-refractivity contribution in [2.45, 2.75) is 6.04 Å². The summed E-state index contributed by atoms with van der Waals surface area (Å²) in [6.45, 7) is 3.71. The molecule has 2 unspecified atom stereocenters. The van der Waals surface area contributed by atoms with E-state index in [1.54, 1.807) is 42.8 Å². The molecule has 0 spiro atoms. The van der Waals surface area contributed by atoms with Crippen LogP contribution in [0.25, 0.3) is 0 Å². The second-order valence-corrected chi connectivity index (χ2v) is 8.01. The quantitative estimate of drug-likeness (QED) is 0.769. The molecule has 0 saturated carbocycles. The Morgan fingerprint density at radius 2 is 1.52 bits per heavy atom. The zero-order valence-corrected chi connectivity index (χ0v) is 17.1. The number of carboxylic acid groups (broad SMARTS) is 1. The van der Waals surface area contributed by atoms with Gasteiger partial charge in [0.15, 0.2) is 0 Å². The first-order valence-electron chi connectivity index (χ1n) is 10.4.